The van der Waals surface area contributed by atoms with Crippen molar-refractivity contribution in [3.8, 4) is 0 Å². The van der Waals surface area contributed by atoms with Gasteiger partial charge in [0.2, 0.25) is 11.8 Å². The van der Waals surface area contributed by atoms with Gasteiger partial charge in [-0.05, 0) is 6.92 Å². The van der Waals surface area contributed by atoms with Crippen LogP contribution >= 0.6 is 12.6 Å². The molecular formula is C9H17N3O5S. The van der Waals surface area contributed by atoms with E-state index in [1.165, 1.54) is 6.92 Å². The van der Waals surface area contributed by atoms with Crippen LogP contribution in [-0.4, -0.2) is 58.5 Å². The van der Waals surface area contributed by atoms with E-state index in [-0.39, 0.29) is 5.75 Å². The van der Waals surface area contributed by atoms with Crippen LogP contribution in [-0.2, 0) is 14.4 Å². The third kappa shape index (κ3) is 5.84. The first-order chi connectivity index (χ1) is 8.29. The Morgan fingerprint density at radius 2 is 1.94 bits per heavy atom. The number of carboxylic acid groups (broad SMARTS) is 1. The fraction of sp³-hybridized carbons (Fsp3) is 0.667. The number of hydrogen-bond donors (Lipinski definition) is 6. The summed E-state index contributed by atoms with van der Waals surface area (Å²) in [5, 5.41) is 22.0. The van der Waals surface area contributed by atoms with Crippen molar-refractivity contribution in [2.75, 3.05) is 12.3 Å². The minimum Gasteiger partial charge on any atom is -0.480 e. The predicted octanol–water partition coefficient (Wildman–Crippen LogP) is -2.69. The molecule has 0 aromatic heterocycles. The molecule has 8 nitrogen and oxygen atoms in total. The first kappa shape index (κ1) is 16.7. The maximum Gasteiger partial charge on any atom is 0.327 e. The maximum absolute atomic E-state index is 11.3. The molecule has 9 heteroatoms. The van der Waals surface area contributed by atoms with Gasteiger partial charge >= 0.3 is 5.97 Å². The molecule has 6 N–H and O–H groups in total. The van der Waals surface area contributed by atoms with Gasteiger partial charge < -0.3 is 26.6 Å². The molecule has 3 unspecified atom stereocenters. The minimum atomic E-state index is -1.22. The number of nitrogens with two attached hydrogens (primary N) is 1. The number of amides is 2. The Morgan fingerprint density at radius 1 is 1.39 bits per heavy atom. The van der Waals surface area contributed by atoms with E-state index in [1.54, 1.807) is 0 Å². The first-order valence-electron chi connectivity index (χ1n) is 5.14. The average Bonchev–Trinajstić information content (AvgIpc) is 2.31. The van der Waals surface area contributed by atoms with Crippen LogP contribution in [0.4, 0.5) is 0 Å². The van der Waals surface area contributed by atoms with E-state index in [0.717, 1.165) is 0 Å². The molecule has 104 valence electrons. The minimum absolute atomic E-state index is 0.0673. The molecule has 0 aromatic carbocycles. The lowest BCUT2D eigenvalue weighted by atomic mass is 10.2. The molecule has 0 bridgehead atoms. The molecule has 3 atom stereocenters. The van der Waals surface area contributed by atoms with Crippen molar-refractivity contribution in [3.63, 3.8) is 0 Å². The molecule has 0 aliphatic heterocycles. The van der Waals surface area contributed by atoms with Crippen LogP contribution in [0.25, 0.3) is 0 Å². The zero-order valence-corrected chi connectivity index (χ0v) is 10.7. The number of aliphatic hydroxyl groups is 1. The number of hydrogen-bond acceptors (Lipinski definition) is 6. The second-order valence-electron chi connectivity index (χ2n) is 3.63. The summed E-state index contributed by atoms with van der Waals surface area (Å²) in [4.78, 5) is 33.2. The fourth-order valence-electron chi connectivity index (χ4n) is 0.935. The van der Waals surface area contributed by atoms with Crippen LogP contribution in [0.15, 0.2) is 0 Å². The van der Waals surface area contributed by atoms with Crippen LogP contribution in [0.2, 0.25) is 0 Å². The lowest BCUT2D eigenvalue weighted by Crippen LogP contribution is -2.51. The molecule has 0 saturated heterocycles. The van der Waals surface area contributed by atoms with Crippen LogP contribution in [0.3, 0.4) is 0 Å². The van der Waals surface area contributed by atoms with E-state index in [4.69, 9.17) is 15.9 Å². The van der Waals surface area contributed by atoms with Gasteiger partial charge in [-0.25, -0.2) is 4.79 Å². The van der Waals surface area contributed by atoms with Gasteiger partial charge in [0.05, 0.1) is 12.6 Å². The fourth-order valence-corrected chi connectivity index (χ4v) is 1.18. The van der Waals surface area contributed by atoms with E-state index in [9.17, 15) is 14.4 Å². The Bertz CT molecular complexity index is 323. The Kier molecular flexibility index (Phi) is 7.32. The smallest absolute Gasteiger partial charge is 0.327 e. The normalized spacial score (nSPS) is 15.3. The summed E-state index contributed by atoms with van der Waals surface area (Å²) in [6.45, 7) is 0.919. The van der Waals surface area contributed by atoms with Crippen LogP contribution in [0.5, 0.6) is 0 Å². The number of carbonyl (C=O) groups excluding carboxylic acids is 2. The average molecular weight is 279 g/mol. The predicted molar refractivity (Wildman–Crippen MR) is 66.1 cm³/mol. The van der Waals surface area contributed by atoms with E-state index in [1.807, 2.05) is 0 Å². The summed E-state index contributed by atoms with van der Waals surface area (Å²) < 4.78 is 0. The number of thiol groups is 1. The van der Waals surface area contributed by atoms with Crippen LogP contribution in [0.1, 0.15) is 6.92 Å². The number of carbonyl (C=O) groups is 3. The number of nitrogens with one attached hydrogen (secondary N) is 2. The summed E-state index contributed by atoms with van der Waals surface area (Å²) >= 11 is 3.76. The number of aliphatic carboxylic acids is 1. The Balaban J connectivity index is 4.11. The lowest BCUT2D eigenvalue weighted by Gasteiger charge is -2.15. The van der Waals surface area contributed by atoms with Crippen molar-refractivity contribution in [2.24, 2.45) is 5.73 Å². The van der Waals surface area contributed by atoms with E-state index >= 15 is 0 Å². The Labute approximate surface area is 109 Å². The highest BCUT2D eigenvalue weighted by Crippen LogP contribution is 1.89. The molecule has 0 heterocycles. The zero-order chi connectivity index (χ0) is 14.3. The van der Waals surface area contributed by atoms with Gasteiger partial charge in [-0.1, -0.05) is 0 Å². The van der Waals surface area contributed by atoms with Crippen molar-refractivity contribution >= 4 is 30.4 Å². The van der Waals surface area contributed by atoms with Gasteiger partial charge in [-0.2, -0.15) is 12.6 Å². The zero-order valence-electron chi connectivity index (χ0n) is 9.79. The Hall–Kier alpha value is -1.32. The molecule has 18 heavy (non-hydrogen) atoms. The summed E-state index contributed by atoms with van der Waals surface area (Å²) in [6.07, 6.45) is -1.04. The third-order valence-corrected chi connectivity index (χ3v) is 2.43. The molecule has 0 spiro atoms. The van der Waals surface area contributed by atoms with Gasteiger partial charge in [-0.3, -0.25) is 9.59 Å². The third-order valence-electron chi connectivity index (χ3n) is 2.06. The molecule has 0 aliphatic carbocycles. The van der Waals surface area contributed by atoms with Gasteiger partial charge in [0.1, 0.15) is 12.1 Å². The molecule has 0 fully saturated rings. The highest BCUT2D eigenvalue weighted by molar-refractivity contribution is 7.80. The Morgan fingerprint density at radius 3 is 2.33 bits per heavy atom. The van der Waals surface area contributed by atoms with Crippen molar-refractivity contribution in [3.05, 3.63) is 0 Å². The van der Waals surface area contributed by atoms with Gasteiger partial charge in [-0.15, -0.1) is 0 Å². The summed E-state index contributed by atoms with van der Waals surface area (Å²) in [5.41, 5.74) is 5.32. The number of carboxylic acids is 1. The quantitative estimate of drug-likeness (QED) is 0.280. The molecule has 0 aromatic rings. The van der Waals surface area contributed by atoms with Crippen molar-refractivity contribution in [1.82, 2.24) is 10.6 Å². The van der Waals surface area contributed by atoms with Crippen molar-refractivity contribution in [2.45, 2.75) is 25.1 Å². The second-order valence-corrected chi connectivity index (χ2v) is 3.99. The summed E-state index contributed by atoms with van der Waals surface area (Å²) in [6, 6.07) is -2.26. The molecule has 0 radical (unpaired) electrons. The highest BCUT2D eigenvalue weighted by atomic mass is 32.1. The monoisotopic (exact) mass is 279 g/mol. The standard InChI is InChI=1S/C9H17N3O5S/c1-4(13)7(10)8(15)11-2-6(14)12-5(3-18)9(16)17/h4-5,7,13,18H,2-3,10H2,1H3,(H,11,15)(H,12,14)(H,16,17). The van der Waals surface area contributed by atoms with Crippen LogP contribution in [0, 0.1) is 0 Å². The lowest BCUT2D eigenvalue weighted by molar-refractivity contribution is -0.141. The van der Waals surface area contributed by atoms with Gasteiger partial charge in [0.25, 0.3) is 0 Å². The molecular weight excluding hydrogens is 262 g/mol. The molecule has 2 amide bonds. The molecule has 0 aliphatic rings. The maximum atomic E-state index is 11.3. The van der Waals surface area contributed by atoms with Crippen molar-refractivity contribution in [1.29, 1.82) is 0 Å². The van der Waals surface area contributed by atoms with E-state index in [2.05, 4.69) is 23.3 Å². The summed E-state index contributed by atoms with van der Waals surface area (Å²) in [7, 11) is 0. The molecule has 0 saturated carbocycles. The SMILES string of the molecule is CC(O)C(N)C(=O)NCC(=O)NC(CS)C(=O)O. The van der Waals surface area contributed by atoms with Crippen LogP contribution < -0.4 is 16.4 Å². The molecule has 0 rings (SSSR count). The number of aliphatic hydroxyl groups excluding tert-OH is 1. The van der Waals surface area contributed by atoms with Crippen molar-refractivity contribution < 1.29 is 24.6 Å². The van der Waals surface area contributed by atoms with E-state index in [0.29, 0.717) is 0 Å². The topological polar surface area (TPSA) is 142 Å². The largest absolute Gasteiger partial charge is 0.480 e. The van der Waals surface area contributed by atoms with E-state index < -0.39 is 42.5 Å². The highest BCUT2D eigenvalue weighted by Gasteiger charge is 2.21. The van der Waals surface area contributed by atoms with Gasteiger partial charge in [0.15, 0.2) is 0 Å². The summed E-state index contributed by atoms with van der Waals surface area (Å²) in [5.74, 6) is -2.66. The second kappa shape index (κ2) is 7.90. The van der Waals surface area contributed by atoms with Gasteiger partial charge in [0, 0.05) is 5.75 Å². The first-order valence-corrected chi connectivity index (χ1v) is 5.77. The number of rotatable bonds is 7.